The van der Waals surface area contributed by atoms with Crippen LogP contribution in [-0.4, -0.2) is 11.0 Å². The van der Waals surface area contributed by atoms with Gasteiger partial charge in [-0.1, -0.05) is 32.8 Å². The van der Waals surface area contributed by atoms with E-state index in [-0.39, 0.29) is 6.04 Å². The molecule has 0 bridgehead atoms. The second kappa shape index (κ2) is 7.44. The Morgan fingerprint density at radius 2 is 1.88 bits per heavy atom. The first-order chi connectivity index (χ1) is 8.19. The first kappa shape index (κ1) is 14.2. The van der Waals surface area contributed by atoms with Crippen molar-refractivity contribution < 1.29 is 0 Å². The fourth-order valence-electron chi connectivity index (χ4n) is 2.44. The summed E-state index contributed by atoms with van der Waals surface area (Å²) in [5, 5.41) is 0. The van der Waals surface area contributed by atoms with Crippen LogP contribution in [0.2, 0.25) is 0 Å². The summed E-state index contributed by atoms with van der Waals surface area (Å²) in [5.74, 6) is 0.645. The number of aryl methyl sites for hydroxylation is 1. The van der Waals surface area contributed by atoms with Crippen molar-refractivity contribution in [2.24, 2.45) is 11.7 Å². The van der Waals surface area contributed by atoms with Crippen molar-refractivity contribution in [2.45, 2.75) is 58.9 Å². The summed E-state index contributed by atoms with van der Waals surface area (Å²) < 4.78 is 0. The third-order valence-electron chi connectivity index (χ3n) is 3.47. The van der Waals surface area contributed by atoms with Crippen molar-refractivity contribution >= 4 is 0 Å². The molecule has 0 aliphatic carbocycles. The molecule has 0 saturated heterocycles. The molecule has 0 spiro atoms. The molecule has 0 aromatic carbocycles. The summed E-state index contributed by atoms with van der Waals surface area (Å²) >= 11 is 0. The van der Waals surface area contributed by atoms with Gasteiger partial charge in [0.1, 0.15) is 0 Å². The fraction of sp³-hybridized carbons (Fsp3) is 0.667. The Kier molecular flexibility index (Phi) is 6.20. The van der Waals surface area contributed by atoms with Gasteiger partial charge in [0, 0.05) is 24.4 Å². The monoisotopic (exact) mass is 234 g/mol. The lowest BCUT2D eigenvalue weighted by Crippen LogP contribution is -2.32. The number of rotatable bonds is 7. The van der Waals surface area contributed by atoms with Gasteiger partial charge in [-0.15, -0.1) is 0 Å². The second-order valence-electron chi connectivity index (χ2n) is 4.97. The summed E-state index contributed by atoms with van der Waals surface area (Å²) in [7, 11) is 0. The van der Waals surface area contributed by atoms with E-state index >= 15 is 0 Å². The largest absolute Gasteiger partial charge is 0.327 e. The number of pyridine rings is 1. The minimum atomic E-state index is 0.253. The molecular formula is C15H26N2. The van der Waals surface area contributed by atoms with Crippen LogP contribution in [0.3, 0.4) is 0 Å². The summed E-state index contributed by atoms with van der Waals surface area (Å²) in [4.78, 5) is 4.44. The van der Waals surface area contributed by atoms with Crippen LogP contribution in [0.5, 0.6) is 0 Å². The molecule has 1 heterocycles. The summed E-state index contributed by atoms with van der Waals surface area (Å²) in [6.07, 6.45) is 7.70. The van der Waals surface area contributed by atoms with Crippen LogP contribution in [0.4, 0.5) is 0 Å². The van der Waals surface area contributed by atoms with Gasteiger partial charge < -0.3 is 5.73 Å². The van der Waals surface area contributed by atoms with E-state index in [2.05, 4.69) is 31.8 Å². The Morgan fingerprint density at radius 3 is 2.41 bits per heavy atom. The molecule has 2 heteroatoms. The summed E-state index contributed by atoms with van der Waals surface area (Å²) in [6, 6.07) is 4.35. The van der Waals surface area contributed by atoms with Crippen LogP contribution in [-0.2, 0) is 6.42 Å². The second-order valence-corrected chi connectivity index (χ2v) is 4.97. The van der Waals surface area contributed by atoms with Gasteiger partial charge in [-0.2, -0.15) is 0 Å². The van der Waals surface area contributed by atoms with Crippen LogP contribution < -0.4 is 5.73 Å². The van der Waals surface area contributed by atoms with Gasteiger partial charge in [-0.3, -0.25) is 4.98 Å². The van der Waals surface area contributed by atoms with Gasteiger partial charge in [0.2, 0.25) is 0 Å². The highest BCUT2D eigenvalue weighted by Gasteiger charge is 2.17. The lowest BCUT2D eigenvalue weighted by atomic mass is 9.88. The molecule has 1 aromatic heterocycles. The lowest BCUT2D eigenvalue weighted by Gasteiger charge is -2.23. The maximum absolute atomic E-state index is 6.35. The molecule has 2 N–H and O–H groups in total. The van der Waals surface area contributed by atoms with Crippen molar-refractivity contribution in [3.05, 3.63) is 29.6 Å². The molecule has 2 nitrogen and oxygen atoms in total. The van der Waals surface area contributed by atoms with Gasteiger partial charge >= 0.3 is 0 Å². The minimum Gasteiger partial charge on any atom is -0.327 e. The van der Waals surface area contributed by atoms with Crippen molar-refractivity contribution in [3.8, 4) is 0 Å². The predicted molar refractivity (Wildman–Crippen MR) is 74.0 cm³/mol. The first-order valence-electron chi connectivity index (χ1n) is 6.85. The quantitative estimate of drug-likeness (QED) is 0.784. The average Bonchev–Trinajstić information content (AvgIpc) is 2.32. The number of nitrogens with zero attached hydrogens (tertiary/aromatic N) is 1. The smallest absolute Gasteiger partial charge is 0.0448 e. The predicted octanol–water partition coefficient (Wildman–Crippen LogP) is 3.48. The zero-order chi connectivity index (χ0) is 12.7. The van der Waals surface area contributed by atoms with E-state index in [0.717, 1.165) is 12.1 Å². The average molecular weight is 234 g/mol. The van der Waals surface area contributed by atoms with Crippen LogP contribution >= 0.6 is 0 Å². The highest BCUT2D eigenvalue weighted by atomic mass is 14.7. The summed E-state index contributed by atoms with van der Waals surface area (Å²) in [5.41, 5.74) is 8.77. The van der Waals surface area contributed by atoms with Gasteiger partial charge in [0.15, 0.2) is 0 Å². The number of hydrogen-bond donors (Lipinski definition) is 1. The van der Waals surface area contributed by atoms with Crippen LogP contribution in [0.25, 0.3) is 0 Å². The Labute approximate surface area is 106 Å². The van der Waals surface area contributed by atoms with E-state index in [0.29, 0.717) is 5.92 Å². The highest BCUT2D eigenvalue weighted by Crippen LogP contribution is 2.19. The SMILES string of the molecule is CCCC(CCC)C(N)Cc1ncccc1C. The molecule has 0 fully saturated rings. The molecule has 0 aliphatic heterocycles. The van der Waals surface area contributed by atoms with E-state index in [9.17, 15) is 0 Å². The molecule has 0 aliphatic rings. The Hall–Kier alpha value is -0.890. The van der Waals surface area contributed by atoms with Crippen LogP contribution in [0, 0.1) is 12.8 Å². The Bertz CT molecular complexity index is 316. The number of aromatic nitrogens is 1. The molecule has 0 amide bonds. The zero-order valence-corrected chi connectivity index (χ0v) is 11.4. The maximum atomic E-state index is 6.35. The lowest BCUT2D eigenvalue weighted by molar-refractivity contribution is 0.358. The van der Waals surface area contributed by atoms with Crippen molar-refractivity contribution in [3.63, 3.8) is 0 Å². The van der Waals surface area contributed by atoms with Gasteiger partial charge in [0.05, 0.1) is 0 Å². The molecule has 1 atom stereocenters. The third kappa shape index (κ3) is 4.47. The van der Waals surface area contributed by atoms with Crippen molar-refractivity contribution in [1.82, 2.24) is 4.98 Å². The minimum absolute atomic E-state index is 0.253. The van der Waals surface area contributed by atoms with E-state index in [1.165, 1.54) is 31.2 Å². The number of nitrogens with two attached hydrogens (primary N) is 1. The molecule has 17 heavy (non-hydrogen) atoms. The zero-order valence-electron chi connectivity index (χ0n) is 11.4. The highest BCUT2D eigenvalue weighted by molar-refractivity contribution is 5.18. The van der Waals surface area contributed by atoms with Gasteiger partial charge in [0.25, 0.3) is 0 Å². The van der Waals surface area contributed by atoms with E-state index in [4.69, 9.17) is 5.73 Å². The van der Waals surface area contributed by atoms with E-state index < -0.39 is 0 Å². The molecule has 0 radical (unpaired) electrons. The van der Waals surface area contributed by atoms with Crippen molar-refractivity contribution in [2.75, 3.05) is 0 Å². The Balaban J connectivity index is 2.62. The summed E-state index contributed by atoms with van der Waals surface area (Å²) in [6.45, 7) is 6.59. The van der Waals surface area contributed by atoms with E-state index in [1.54, 1.807) is 0 Å². The number of hydrogen-bond acceptors (Lipinski definition) is 2. The molecule has 0 saturated carbocycles. The van der Waals surface area contributed by atoms with Gasteiger partial charge in [-0.25, -0.2) is 0 Å². The molecule has 1 aromatic rings. The standard InChI is InChI=1S/C15H26N2/c1-4-7-13(8-5-2)14(16)11-15-12(3)9-6-10-17-15/h6,9-10,13-14H,4-5,7-8,11,16H2,1-3H3. The van der Waals surface area contributed by atoms with Gasteiger partial charge in [-0.05, 0) is 37.3 Å². The maximum Gasteiger partial charge on any atom is 0.0448 e. The molecule has 96 valence electrons. The molecule has 1 unspecified atom stereocenters. The fourth-order valence-corrected chi connectivity index (χ4v) is 2.44. The Morgan fingerprint density at radius 1 is 1.24 bits per heavy atom. The molecular weight excluding hydrogens is 208 g/mol. The third-order valence-corrected chi connectivity index (χ3v) is 3.47. The van der Waals surface area contributed by atoms with Crippen LogP contribution in [0.1, 0.15) is 50.8 Å². The normalized spacial score (nSPS) is 13.0. The van der Waals surface area contributed by atoms with E-state index in [1.807, 2.05) is 12.3 Å². The topological polar surface area (TPSA) is 38.9 Å². The first-order valence-corrected chi connectivity index (χ1v) is 6.85. The van der Waals surface area contributed by atoms with Crippen molar-refractivity contribution in [1.29, 1.82) is 0 Å². The van der Waals surface area contributed by atoms with Crippen LogP contribution in [0.15, 0.2) is 18.3 Å². The molecule has 1 rings (SSSR count).